The van der Waals surface area contributed by atoms with Crippen LogP contribution in [-0.2, 0) is 12.8 Å². The second-order valence-electron chi connectivity index (χ2n) is 13.4. The molecule has 0 N–H and O–H groups in total. The predicted octanol–water partition coefficient (Wildman–Crippen LogP) is 12.7. The molecule has 0 bridgehead atoms. The van der Waals surface area contributed by atoms with Crippen LogP contribution in [0.25, 0.3) is 22.3 Å². The van der Waals surface area contributed by atoms with E-state index in [2.05, 4.69) is 108 Å². The summed E-state index contributed by atoms with van der Waals surface area (Å²) >= 11 is 1.82. The van der Waals surface area contributed by atoms with E-state index in [1.807, 2.05) is 72.4 Å². The molecule has 3 heterocycles. The smallest absolute Gasteiger partial charge is 0.151 e. The molecule has 10 rings (SSSR count). The molecule has 5 nitrogen and oxygen atoms in total. The summed E-state index contributed by atoms with van der Waals surface area (Å²) in [5.74, 6) is 1.55. The summed E-state index contributed by atoms with van der Waals surface area (Å²) in [6.45, 7) is 2.21. The van der Waals surface area contributed by atoms with Gasteiger partial charge in [-0.1, -0.05) is 91.5 Å². The molecule has 0 amide bonds. The van der Waals surface area contributed by atoms with Crippen LogP contribution in [0.15, 0.2) is 149 Å². The molecular formula is C47H30N4OS. The molecule has 0 fully saturated rings. The van der Waals surface area contributed by atoms with E-state index in [0.717, 1.165) is 73.3 Å². The molecule has 250 valence electrons. The molecule has 3 aliphatic heterocycles. The van der Waals surface area contributed by atoms with Crippen molar-refractivity contribution in [3.05, 3.63) is 167 Å². The molecule has 0 unspecified atom stereocenters. The van der Waals surface area contributed by atoms with Crippen LogP contribution < -0.4 is 14.5 Å². The summed E-state index contributed by atoms with van der Waals surface area (Å²) in [6, 6.07) is 52.6. The van der Waals surface area contributed by atoms with Crippen LogP contribution in [0.5, 0.6) is 11.5 Å². The van der Waals surface area contributed by atoms with Crippen LogP contribution in [0.1, 0.15) is 34.7 Å². The number of nitrogens with zero attached hydrogens (tertiary/aromatic N) is 4. The highest BCUT2D eigenvalue weighted by Crippen LogP contribution is 2.63. The second-order valence-corrected chi connectivity index (χ2v) is 14.4. The van der Waals surface area contributed by atoms with Crippen molar-refractivity contribution < 1.29 is 4.74 Å². The van der Waals surface area contributed by atoms with Gasteiger partial charge in [-0.2, -0.15) is 10.5 Å². The Balaban J connectivity index is 1.44. The van der Waals surface area contributed by atoms with Crippen LogP contribution in [0, 0.1) is 22.7 Å². The Hall–Kier alpha value is -6.73. The van der Waals surface area contributed by atoms with Crippen molar-refractivity contribution in [3.8, 4) is 45.9 Å². The van der Waals surface area contributed by atoms with Gasteiger partial charge in [0.25, 0.3) is 0 Å². The molecule has 7 aromatic carbocycles. The number of hydrogen-bond donors (Lipinski definition) is 0. The number of anilines is 6. The number of ether oxygens (including phenoxy) is 1. The maximum absolute atomic E-state index is 10.2. The second kappa shape index (κ2) is 12.2. The molecule has 0 aliphatic carbocycles. The highest BCUT2D eigenvalue weighted by molar-refractivity contribution is 7.99. The van der Waals surface area contributed by atoms with E-state index >= 15 is 0 Å². The van der Waals surface area contributed by atoms with Crippen molar-refractivity contribution in [2.75, 3.05) is 9.80 Å². The average Bonchev–Trinajstić information content (AvgIpc) is 3.22. The molecule has 0 saturated carbocycles. The monoisotopic (exact) mass is 698 g/mol. The summed E-state index contributed by atoms with van der Waals surface area (Å²) in [6.07, 6.45) is 1.37. The van der Waals surface area contributed by atoms with Crippen molar-refractivity contribution in [1.29, 1.82) is 10.5 Å². The van der Waals surface area contributed by atoms with Crippen molar-refractivity contribution in [2.24, 2.45) is 0 Å². The van der Waals surface area contributed by atoms with Crippen LogP contribution in [0.2, 0.25) is 0 Å². The molecule has 0 atom stereocenters. The number of benzene rings is 7. The maximum Gasteiger partial charge on any atom is 0.151 e. The van der Waals surface area contributed by atoms with E-state index in [9.17, 15) is 10.5 Å². The molecule has 53 heavy (non-hydrogen) atoms. The number of hydrogen-bond acceptors (Lipinski definition) is 6. The van der Waals surface area contributed by atoms with Gasteiger partial charge in [-0.3, -0.25) is 0 Å². The lowest BCUT2D eigenvalue weighted by Crippen LogP contribution is -2.27. The van der Waals surface area contributed by atoms with Crippen LogP contribution in [0.3, 0.4) is 0 Å². The molecule has 3 aliphatic rings. The van der Waals surface area contributed by atoms with Gasteiger partial charge in [-0.05, 0) is 95.4 Å². The molecule has 0 radical (unpaired) electrons. The van der Waals surface area contributed by atoms with E-state index in [4.69, 9.17) is 4.74 Å². The van der Waals surface area contributed by atoms with Gasteiger partial charge in [-0.25, -0.2) is 0 Å². The van der Waals surface area contributed by atoms with Gasteiger partial charge in [-0.15, -0.1) is 0 Å². The van der Waals surface area contributed by atoms with Crippen LogP contribution in [-0.4, -0.2) is 0 Å². The van der Waals surface area contributed by atoms with E-state index in [1.165, 1.54) is 21.0 Å². The standard InChI is InChI=1S/C47H30N4OS/c1-2-34-43(31-14-9-12-29(24-31)27-48)46(50-36-17-3-6-20-39(36)52-40-21-7-4-18-37(40)50)35-26-33-16-11-23-42-45(33)51(38-19-5-8-22-41(38)53-42)47(35)44(34)32-15-10-13-30(25-32)28-49/h3-25H,2,26H2,1H3. The van der Waals surface area contributed by atoms with Crippen LogP contribution >= 0.6 is 11.8 Å². The average molecular weight is 699 g/mol. The minimum absolute atomic E-state index is 0.598. The first-order valence-electron chi connectivity index (χ1n) is 17.7. The Morgan fingerprint density at radius 2 is 1.13 bits per heavy atom. The third-order valence-corrected chi connectivity index (χ3v) is 11.6. The van der Waals surface area contributed by atoms with Crippen molar-refractivity contribution in [3.63, 3.8) is 0 Å². The SMILES string of the molecule is CCc1c(-c2cccc(C#N)c2)c(N2c3ccccc3Oc3ccccc32)c2c(c1-c1cccc(C#N)c1)N1c3ccccc3Sc3cccc(c31)C2. The van der Waals surface area contributed by atoms with E-state index in [0.29, 0.717) is 24.0 Å². The summed E-state index contributed by atoms with van der Waals surface area (Å²) in [5, 5.41) is 20.3. The topological polar surface area (TPSA) is 63.3 Å². The van der Waals surface area contributed by atoms with Gasteiger partial charge in [0.15, 0.2) is 11.5 Å². The summed E-state index contributed by atoms with van der Waals surface area (Å²) in [7, 11) is 0. The number of fused-ring (bicyclic) bond motifs is 6. The Morgan fingerprint density at radius 1 is 0.585 bits per heavy atom. The van der Waals surface area contributed by atoms with Gasteiger partial charge in [0.05, 0.1) is 57.4 Å². The highest BCUT2D eigenvalue weighted by Gasteiger charge is 2.40. The van der Waals surface area contributed by atoms with Crippen molar-refractivity contribution >= 4 is 45.9 Å². The summed E-state index contributed by atoms with van der Waals surface area (Å²) in [4.78, 5) is 7.28. The van der Waals surface area contributed by atoms with Gasteiger partial charge in [0.2, 0.25) is 0 Å². The van der Waals surface area contributed by atoms with E-state index in [-0.39, 0.29) is 0 Å². The fourth-order valence-corrected chi connectivity index (χ4v) is 9.44. The highest BCUT2D eigenvalue weighted by atomic mass is 32.2. The lowest BCUT2D eigenvalue weighted by molar-refractivity contribution is 0.477. The van der Waals surface area contributed by atoms with Gasteiger partial charge < -0.3 is 14.5 Å². The first kappa shape index (κ1) is 31.0. The van der Waals surface area contributed by atoms with Gasteiger partial charge in [0, 0.05) is 32.9 Å². The molecule has 0 spiro atoms. The first-order chi connectivity index (χ1) is 26.2. The minimum Gasteiger partial charge on any atom is -0.453 e. The third-order valence-electron chi connectivity index (χ3n) is 10.4. The minimum atomic E-state index is 0.598. The lowest BCUT2D eigenvalue weighted by atomic mass is 9.79. The fourth-order valence-electron chi connectivity index (χ4n) is 8.33. The molecule has 6 heteroatoms. The summed E-state index contributed by atoms with van der Waals surface area (Å²) < 4.78 is 6.57. The fraction of sp³-hybridized carbons (Fsp3) is 0.0638. The predicted molar refractivity (Wildman–Crippen MR) is 212 cm³/mol. The number of rotatable bonds is 4. The largest absolute Gasteiger partial charge is 0.453 e. The van der Waals surface area contributed by atoms with Crippen LogP contribution in [0.4, 0.5) is 34.1 Å². The van der Waals surface area contributed by atoms with Crippen molar-refractivity contribution in [1.82, 2.24) is 0 Å². The Kier molecular flexibility index (Phi) is 7.15. The first-order valence-corrected chi connectivity index (χ1v) is 18.6. The van der Waals surface area contributed by atoms with Gasteiger partial charge >= 0.3 is 0 Å². The molecule has 0 aromatic heterocycles. The quantitative estimate of drug-likeness (QED) is 0.182. The Labute approximate surface area is 312 Å². The Bertz CT molecular complexity index is 2710. The summed E-state index contributed by atoms with van der Waals surface area (Å²) in [5.41, 5.74) is 15.3. The third kappa shape index (κ3) is 4.70. The molecule has 7 aromatic rings. The van der Waals surface area contributed by atoms with Gasteiger partial charge in [0.1, 0.15) is 0 Å². The molecule has 0 saturated heterocycles. The molecular weight excluding hydrogens is 669 g/mol. The zero-order valence-electron chi connectivity index (χ0n) is 28.8. The van der Waals surface area contributed by atoms with E-state index < -0.39 is 0 Å². The van der Waals surface area contributed by atoms with Crippen molar-refractivity contribution in [2.45, 2.75) is 29.6 Å². The maximum atomic E-state index is 10.2. The zero-order chi connectivity index (χ0) is 35.6. The number of para-hydroxylation sites is 6. The lowest BCUT2D eigenvalue weighted by Gasteiger charge is -2.44. The number of nitriles is 2. The Morgan fingerprint density at radius 3 is 1.75 bits per heavy atom. The zero-order valence-corrected chi connectivity index (χ0v) is 29.6. The normalized spacial score (nSPS) is 13.0. The van der Waals surface area contributed by atoms with E-state index in [1.54, 1.807) is 0 Å².